The number of methoxy groups -OCH3 is 1. The largest absolute Gasteiger partial charge is 0.379 e. The molecule has 1 aromatic heterocycles. The van der Waals surface area contributed by atoms with Crippen LogP contribution >= 0.6 is 0 Å². The Labute approximate surface area is 91.4 Å². The van der Waals surface area contributed by atoms with Crippen molar-refractivity contribution in [1.82, 2.24) is 9.78 Å². The van der Waals surface area contributed by atoms with Crippen molar-refractivity contribution in [2.75, 3.05) is 7.11 Å². The average Bonchev–Trinajstić information content (AvgIpc) is 2.72. The number of aryl methyl sites for hydroxylation is 1. The van der Waals surface area contributed by atoms with Crippen LogP contribution in [0.5, 0.6) is 0 Å². The molecule has 0 aliphatic carbocycles. The molecule has 15 heavy (non-hydrogen) atoms. The fourth-order valence-electron chi connectivity index (χ4n) is 1.81. The zero-order chi connectivity index (χ0) is 11.3. The highest BCUT2D eigenvalue weighted by atomic mass is 16.5. The van der Waals surface area contributed by atoms with E-state index in [0.29, 0.717) is 0 Å². The van der Waals surface area contributed by atoms with Crippen molar-refractivity contribution in [3.8, 4) is 0 Å². The number of nitrogens with two attached hydrogens (primary N) is 1. The third-order valence-corrected chi connectivity index (χ3v) is 2.67. The van der Waals surface area contributed by atoms with Crippen LogP contribution in [0.2, 0.25) is 0 Å². The summed E-state index contributed by atoms with van der Waals surface area (Å²) in [5.74, 6) is 0. The van der Waals surface area contributed by atoms with Gasteiger partial charge < -0.3 is 10.5 Å². The standard InChI is InChI=1S/C11H21N3O/c1-4-6-10(15-3)11(12)9-7-8-13-14(9)5-2/h7-8,10-11H,4-6,12H2,1-3H3. The van der Waals surface area contributed by atoms with Gasteiger partial charge in [0.1, 0.15) is 0 Å². The van der Waals surface area contributed by atoms with Gasteiger partial charge in [-0.25, -0.2) is 0 Å². The predicted octanol–water partition coefficient (Wildman–Crippen LogP) is 1.72. The van der Waals surface area contributed by atoms with Crippen molar-refractivity contribution < 1.29 is 4.74 Å². The zero-order valence-corrected chi connectivity index (χ0v) is 9.81. The molecule has 0 bridgehead atoms. The molecule has 4 heteroatoms. The van der Waals surface area contributed by atoms with E-state index in [1.807, 2.05) is 10.7 Å². The van der Waals surface area contributed by atoms with Crippen molar-refractivity contribution in [2.45, 2.75) is 45.4 Å². The predicted molar refractivity (Wildman–Crippen MR) is 60.5 cm³/mol. The van der Waals surface area contributed by atoms with E-state index >= 15 is 0 Å². The second kappa shape index (κ2) is 5.88. The van der Waals surface area contributed by atoms with E-state index in [1.54, 1.807) is 13.3 Å². The van der Waals surface area contributed by atoms with Crippen molar-refractivity contribution in [3.63, 3.8) is 0 Å². The summed E-state index contributed by atoms with van der Waals surface area (Å²) in [6.45, 7) is 5.04. The summed E-state index contributed by atoms with van der Waals surface area (Å²) in [4.78, 5) is 0. The molecule has 0 spiro atoms. The van der Waals surface area contributed by atoms with Crippen molar-refractivity contribution in [1.29, 1.82) is 0 Å². The molecule has 4 nitrogen and oxygen atoms in total. The van der Waals surface area contributed by atoms with Gasteiger partial charge in [0.05, 0.1) is 17.8 Å². The molecule has 0 saturated heterocycles. The average molecular weight is 211 g/mol. The first-order chi connectivity index (χ1) is 7.24. The molecule has 0 aliphatic heterocycles. The van der Waals surface area contributed by atoms with Gasteiger partial charge >= 0.3 is 0 Å². The van der Waals surface area contributed by atoms with Gasteiger partial charge in [-0.1, -0.05) is 13.3 Å². The molecule has 2 unspecified atom stereocenters. The van der Waals surface area contributed by atoms with Gasteiger partial charge in [-0.15, -0.1) is 0 Å². The Kier molecular flexibility index (Phi) is 4.78. The molecule has 2 N–H and O–H groups in total. The number of rotatable bonds is 6. The molecule has 1 rings (SSSR count). The maximum absolute atomic E-state index is 6.17. The van der Waals surface area contributed by atoms with Crippen LogP contribution < -0.4 is 5.73 Å². The first-order valence-corrected chi connectivity index (χ1v) is 5.54. The van der Waals surface area contributed by atoms with Gasteiger partial charge in [0.15, 0.2) is 0 Å². The lowest BCUT2D eigenvalue weighted by molar-refractivity contribution is 0.0700. The van der Waals surface area contributed by atoms with E-state index in [2.05, 4.69) is 18.9 Å². The van der Waals surface area contributed by atoms with E-state index in [1.165, 1.54) is 0 Å². The van der Waals surface area contributed by atoms with Crippen molar-refractivity contribution in [3.05, 3.63) is 18.0 Å². The van der Waals surface area contributed by atoms with Gasteiger partial charge in [0.25, 0.3) is 0 Å². The highest BCUT2D eigenvalue weighted by Gasteiger charge is 2.21. The number of aromatic nitrogens is 2. The quantitative estimate of drug-likeness (QED) is 0.779. The summed E-state index contributed by atoms with van der Waals surface area (Å²) in [6, 6.07) is 1.88. The van der Waals surface area contributed by atoms with Crippen molar-refractivity contribution in [2.24, 2.45) is 5.73 Å². The van der Waals surface area contributed by atoms with E-state index in [-0.39, 0.29) is 12.1 Å². The second-order valence-corrected chi connectivity index (χ2v) is 3.66. The molecule has 0 amide bonds. The Balaban J connectivity index is 2.77. The molecule has 0 aliphatic rings. The van der Waals surface area contributed by atoms with Crippen LogP contribution in [0.25, 0.3) is 0 Å². The third-order valence-electron chi connectivity index (χ3n) is 2.67. The Morgan fingerprint density at radius 1 is 1.53 bits per heavy atom. The summed E-state index contributed by atoms with van der Waals surface area (Å²) >= 11 is 0. The molecular weight excluding hydrogens is 190 g/mol. The second-order valence-electron chi connectivity index (χ2n) is 3.66. The molecule has 0 radical (unpaired) electrons. The smallest absolute Gasteiger partial charge is 0.0779 e. The fraction of sp³-hybridized carbons (Fsp3) is 0.727. The lowest BCUT2D eigenvalue weighted by atomic mass is 10.0. The van der Waals surface area contributed by atoms with Crippen LogP contribution in [0.15, 0.2) is 12.3 Å². The molecule has 1 aromatic rings. The van der Waals surface area contributed by atoms with Gasteiger partial charge in [-0.05, 0) is 19.4 Å². The van der Waals surface area contributed by atoms with Gasteiger partial charge in [0, 0.05) is 19.9 Å². The Hall–Kier alpha value is -0.870. The highest BCUT2D eigenvalue weighted by Crippen LogP contribution is 2.19. The molecule has 2 atom stereocenters. The molecule has 86 valence electrons. The summed E-state index contributed by atoms with van der Waals surface area (Å²) in [5.41, 5.74) is 7.22. The van der Waals surface area contributed by atoms with Crippen LogP contribution in [0.1, 0.15) is 38.4 Å². The normalized spacial score (nSPS) is 15.2. The minimum Gasteiger partial charge on any atom is -0.379 e. The monoisotopic (exact) mass is 211 g/mol. The molecule has 0 saturated carbocycles. The number of hydrogen-bond donors (Lipinski definition) is 1. The third kappa shape index (κ3) is 2.79. The SMILES string of the molecule is CCCC(OC)C(N)c1ccnn1CC. The van der Waals surface area contributed by atoms with Crippen molar-refractivity contribution >= 4 is 0 Å². The van der Waals surface area contributed by atoms with E-state index in [4.69, 9.17) is 10.5 Å². The summed E-state index contributed by atoms with van der Waals surface area (Å²) < 4.78 is 7.33. The Morgan fingerprint density at radius 2 is 2.27 bits per heavy atom. The minimum atomic E-state index is -0.0857. The topological polar surface area (TPSA) is 53.1 Å². The first-order valence-electron chi connectivity index (χ1n) is 5.54. The fourth-order valence-corrected chi connectivity index (χ4v) is 1.81. The molecular formula is C11H21N3O. The summed E-state index contributed by atoms with van der Waals surface area (Å²) in [7, 11) is 1.72. The Bertz CT molecular complexity index is 285. The van der Waals surface area contributed by atoms with E-state index in [0.717, 1.165) is 25.1 Å². The van der Waals surface area contributed by atoms with Crippen LogP contribution in [0, 0.1) is 0 Å². The summed E-state index contributed by atoms with van der Waals surface area (Å²) in [5, 5.41) is 4.21. The highest BCUT2D eigenvalue weighted by molar-refractivity contribution is 5.08. The lowest BCUT2D eigenvalue weighted by Gasteiger charge is -2.22. The van der Waals surface area contributed by atoms with E-state index < -0.39 is 0 Å². The van der Waals surface area contributed by atoms with Crippen LogP contribution in [0.3, 0.4) is 0 Å². The molecule has 1 heterocycles. The van der Waals surface area contributed by atoms with Gasteiger partial charge in [-0.3, -0.25) is 4.68 Å². The maximum atomic E-state index is 6.17. The van der Waals surface area contributed by atoms with Crippen LogP contribution in [-0.2, 0) is 11.3 Å². The maximum Gasteiger partial charge on any atom is 0.0779 e. The lowest BCUT2D eigenvalue weighted by Crippen LogP contribution is -2.30. The zero-order valence-electron chi connectivity index (χ0n) is 9.81. The summed E-state index contributed by atoms with van der Waals surface area (Å²) in [6.07, 6.45) is 3.92. The molecule has 0 fully saturated rings. The number of ether oxygens (including phenoxy) is 1. The van der Waals surface area contributed by atoms with Gasteiger partial charge in [-0.2, -0.15) is 5.10 Å². The van der Waals surface area contributed by atoms with Crippen LogP contribution in [0.4, 0.5) is 0 Å². The Morgan fingerprint density at radius 3 is 2.80 bits per heavy atom. The minimum absolute atomic E-state index is 0.0806. The van der Waals surface area contributed by atoms with Crippen LogP contribution in [-0.4, -0.2) is 23.0 Å². The number of hydrogen-bond acceptors (Lipinski definition) is 3. The molecule has 0 aromatic carbocycles. The van der Waals surface area contributed by atoms with E-state index in [9.17, 15) is 0 Å². The number of nitrogens with zero attached hydrogens (tertiary/aromatic N) is 2. The first kappa shape index (κ1) is 12.2. The van der Waals surface area contributed by atoms with Gasteiger partial charge in [0.2, 0.25) is 0 Å².